The summed E-state index contributed by atoms with van der Waals surface area (Å²) in [7, 11) is 1.50. The van der Waals surface area contributed by atoms with Crippen molar-refractivity contribution in [2.45, 2.75) is 13.3 Å². The summed E-state index contributed by atoms with van der Waals surface area (Å²) in [6, 6.07) is 1.51. The van der Waals surface area contributed by atoms with Gasteiger partial charge in [0.05, 0.1) is 7.11 Å². The minimum atomic E-state index is -0.0552. The zero-order chi connectivity index (χ0) is 10.6. The maximum atomic E-state index is 8.48. The lowest BCUT2D eigenvalue weighted by Gasteiger charge is -2.04. The van der Waals surface area contributed by atoms with Gasteiger partial charge >= 0.3 is 0 Å². The summed E-state index contributed by atoms with van der Waals surface area (Å²) in [6.07, 6.45) is 0.656. The summed E-state index contributed by atoms with van der Waals surface area (Å²) >= 11 is 0. The van der Waals surface area contributed by atoms with Gasteiger partial charge in [0.25, 0.3) is 0 Å². The maximum absolute atomic E-state index is 8.48. The molecule has 1 aromatic rings. The summed E-state index contributed by atoms with van der Waals surface area (Å²) in [5, 5.41) is 11.3. The van der Waals surface area contributed by atoms with Crippen LogP contribution in [0.25, 0.3) is 0 Å². The average Bonchev–Trinajstić information content (AvgIpc) is 2.27. The predicted molar refractivity (Wildman–Crippen MR) is 50.5 cm³/mol. The molecule has 0 spiro atoms. The van der Waals surface area contributed by atoms with Gasteiger partial charge in [0.1, 0.15) is 11.5 Å². The van der Waals surface area contributed by atoms with Crippen LogP contribution in [0.2, 0.25) is 0 Å². The van der Waals surface area contributed by atoms with E-state index in [1.165, 1.54) is 13.2 Å². The summed E-state index contributed by atoms with van der Waals surface area (Å²) in [5.41, 5.74) is 5.75. The molecule has 0 amide bonds. The van der Waals surface area contributed by atoms with Gasteiger partial charge in [0.2, 0.25) is 5.88 Å². The molecule has 0 fully saturated rings. The molecule has 0 aliphatic heterocycles. The second kappa shape index (κ2) is 4.40. The number of nitrogens with two attached hydrogens (primary N) is 1. The highest BCUT2D eigenvalue weighted by Crippen LogP contribution is 2.08. The third-order valence-corrected chi connectivity index (χ3v) is 1.64. The quantitative estimate of drug-likeness (QED) is 0.310. The van der Waals surface area contributed by atoms with Crippen LogP contribution in [-0.2, 0) is 6.42 Å². The van der Waals surface area contributed by atoms with Crippen molar-refractivity contribution in [1.82, 2.24) is 9.97 Å². The molecule has 0 bridgehead atoms. The highest BCUT2D eigenvalue weighted by atomic mass is 16.5. The van der Waals surface area contributed by atoms with E-state index in [0.717, 1.165) is 0 Å². The predicted octanol–water partition coefficient (Wildman–Crippen LogP) is 0.142. The molecule has 1 rings (SSSR count). The Morgan fingerprint density at radius 1 is 1.64 bits per heavy atom. The number of amidine groups is 1. The Morgan fingerprint density at radius 3 is 2.86 bits per heavy atom. The highest BCUT2D eigenvalue weighted by Gasteiger charge is 2.06. The molecule has 6 nitrogen and oxygen atoms in total. The zero-order valence-corrected chi connectivity index (χ0v) is 8.06. The Balaban J connectivity index is 3.17. The van der Waals surface area contributed by atoms with Crippen molar-refractivity contribution in [1.29, 1.82) is 0 Å². The smallest absolute Gasteiger partial charge is 0.217 e. The summed E-state index contributed by atoms with van der Waals surface area (Å²) in [6.45, 7) is 1.91. The van der Waals surface area contributed by atoms with E-state index in [0.29, 0.717) is 23.8 Å². The van der Waals surface area contributed by atoms with Gasteiger partial charge < -0.3 is 15.7 Å². The molecular weight excluding hydrogens is 184 g/mol. The second-order valence-electron chi connectivity index (χ2n) is 2.55. The lowest BCUT2D eigenvalue weighted by atomic mass is 10.3. The fourth-order valence-electron chi connectivity index (χ4n) is 0.918. The van der Waals surface area contributed by atoms with Gasteiger partial charge in [-0.05, 0) is 0 Å². The molecule has 0 saturated carbocycles. The first-order valence-corrected chi connectivity index (χ1v) is 4.11. The molecule has 3 N–H and O–H groups in total. The molecule has 1 heterocycles. The van der Waals surface area contributed by atoms with Crippen LogP contribution in [0.4, 0.5) is 0 Å². The normalized spacial score (nSPS) is 11.4. The lowest BCUT2D eigenvalue weighted by molar-refractivity contribution is 0.318. The van der Waals surface area contributed by atoms with Crippen LogP contribution in [0.1, 0.15) is 18.4 Å². The molecule has 0 aromatic carbocycles. The van der Waals surface area contributed by atoms with E-state index in [4.69, 9.17) is 15.7 Å². The molecule has 76 valence electrons. The summed E-state index contributed by atoms with van der Waals surface area (Å²) < 4.78 is 4.95. The van der Waals surface area contributed by atoms with Crippen molar-refractivity contribution in [2.75, 3.05) is 7.11 Å². The number of rotatable bonds is 3. The Bertz CT molecular complexity index is 329. The largest absolute Gasteiger partial charge is 0.481 e. The third-order valence-electron chi connectivity index (χ3n) is 1.64. The number of aromatic nitrogens is 2. The Labute approximate surface area is 81.4 Å². The van der Waals surface area contributed by atoms with Crippen LogP contribution in [0.3, 0.4) is 0 Å². The Hall–Kier alpha value is -1.85. The second-order valence-corrected chi connectivity index (χ2v) is 2.55. The molecule has 0 aliphatic rings. The van der Waals surface area contributed by atoms with Gasteiger partial charge in [-0.3, -0.25) is 0 Å². The average molecular weight is 196 g/mol. The SMILES string of the molecule is CCc1nc(OC)cc(/C(N)=N\O)n1. The molecular formula is C8H12N4O2. The Morgan fingerprint density at radius 2 is 2.36 bits per heavy atom. The molecule has 14 heavy (non-hydrogen) atoms. The molecule has 0 aliphatic carbocycles. The number of aryl methyl sites for hydroxylation is 1. The number of ether oxygens (including phenoxy) is 1. The van der Waals surface area contributed by atoms with E-state index in [2.05, 4.69) is 15.1 Å². The molecule has 0 unspecified atom stereocenters. The van der Waals surface area contributed by atoms with Gasteiger partial charge in [0.15, 0.2) is 5.84 Å². The minimum Gasteiger partial charge on any atom is -0.481 e. The standard InChI is InChI=1S/C8H12N4O2/c1-3-6-10-5(8(9)12-13)4-7(11-6)14-2/h4,13H,3H2,1-2H3,(H2,9,12). The van der Waals surface area contributed by atoms with Crippen molar-refractivity contribution in [3.8, 4) is 5.88 Å². The molecule has 0 atom stereocenters. The maximum Gasteiger partial charge on any atom is 0.217 e. The number of hydrogen-bond acceptors (Lipinski definition) is 5. The molecule has 0 saturated heterocycles. The van der Waals surface area contributed by atoms with E-state index in [1.54, 1.807) is 0 Å². The van der Waals surface area contributed by atoms with Crippen LogP contribution in [0.15, 0.2) is 11.2 Å². The molecule has 1 aromatic heterocycles. The van der Waals surface area contributed by atoms with Crippen LogP contribution in [0, 0.1) is 0 Å². The summed E-state index contributed by atoms with van der Waals surface area (Å²) in [5.74, 6) is 0.935. The number of methoxy groups -OCH3 is 1. The van der Waals surface area contributed by atoms with Gasteiger partial charge in [-0.25, -0.2) is 4.98 Å². The van der Waals surface area contributed by atoms with E-state index < -0.39 is 0 Å². The first-order valence-electron chi connectivity index (χ1n) is 4.11. The number of hydrogen-bond donors (Lipinski definition) is 2. The van der Waals surface area contributed by atoms with Crippen LogP contribution in [0.5, 0.6) is 5.88 Å². The van der Waals surface area contributed by atoms with E-state index in [-0.39, 0.29) is 5.84 Å². The van der Waals surface area contributed by atoms with E-state index >= 15 is 0 Å². The monoisotopic (exact) mass is 196 g/mol. The number of oxime groups is 1. The highest BCUT2D eigenvalue weighted by molar-refractivity contribution is 5.95. The molecule has 0 radical (unpaired) electrons. The van der Waals surface area contributed by atoms with Gasteiger partial charge in [-0.1, -0.05) is 12.1 Å². The van der Waals surface area contributed by atoms with Gasteiger partial charge in [0, 0.05) is 12.5 Å². The van der Waals surface area contributed by atoms with Crippen molar-refractivity contribution in [3.63, 3.8) is 0 Å². The molecule has 6 heteroatoms. The van der Waals surface area contributed by atoms with Crippen LogP contribution >= 0.6 is 0 Å². The fraction of sp³-hybridized carbons (Fsp3) is 0.375. The third kappa shape index (κ3) is 2.09. The van der Waals surface area contributed by atoms with E-state index in [9.17, 15) is 0 Å². The van der Waals surface area contributed by atoms with E-state index in [1.807, 2.05) is 6.92 Å². The first kappa shape index (κ1) is 10.2. The summed E-state index contributed by atoms with van der Waals surface area (Å²) in [4.78, 5) is 8.13. The van der Waals surface area contributed by atoms with Crippen LogP contribution in [-0.4, -0.2) is 28.1 Å². The minimum absolute atomic E-state index is 0.0552. The van der Waals surface area contributed by atoms with Crippen molar-refractivity contribution in [3.05, 3.63) is 17.6 Å². The van der Waals surface area contributed by atoms with Gasteiger partial charge in [-0.15, -0.1) is 0 Å². The van der Waals surface area contributed by atoms with Crippen molar-refractivity contribution < 1.29 is 9.94 Å². The Kier molecular flexibility index (Phi) is 3.22. The van der Waals surface area contributed by atoms with Gasteiger partial charge in [-0.2, -0.15) is 4.98 Å². The topological polar surface area (TPSA) is 93.6 Å². The zero-order valence-electron chi connectivity index (χ0n) is 8.06. The fourth-order valence-corrected chi connectivity index (χ4v) is 0.918. The first-order chi connectivity index (χ1) is 6.71. The van der Waals surface area contributed by atoms with Crippen LogP contribution < -0.4 is 10.5 Å². The van der Waals surface area contributed by atoms with Crippen molar-refractivity contribution >= 4 is 5.84 Å². The van der Waals surface area contributed by atoms with Crippen molar-refractivity contribution in [2.24, 2.45) is 10.9 Å². The number of nitrogens with zero attached hydrogens (tertiary/aromatic N) is 3. The lowest BCUT2D eigenvalue weighted by Crippen LogP contribution is -2.16.